The Kier molecular flexibility index (Phi) is 8.39. The average molecular weight is 434 g/mol. The zero-order valence-electron chi connectivity index (χ0n) is 19.7. The van der Waals surface area contributed by atoms with Gasteiger partial charge in [0.2, 0.25) is 5.91 Å². The average Bonchev–Trinajstić information content (AvgIpc) is 3.06. The Bertz CT molecular complexity index is 673. The Morgan fingerprint density at radius 1 is 1.19 bits per heavy atom. The Morgan fingerprint density at radius 2 is 1.90 bits per heavy atom. The molecule has 31 heavy (non-hydrogen) atoms. The number of hydrogen-bond donors (Lipinski definition) is 3. The molecule has 0 saturated heterocycles. The highest BCUT2D eigenvalue weighted by molar-refractivity contribution is 5.74. The van der Waals surface area contributed by atoms with E-state index in [1.54, 1.807) is 5.57 Å². The molecule has 0 aromatic heterocycles. The maximum Gasteiger partial charge on any atom is 0.245 e. The third-order valence-corrected chi connectivity index (χ3v) is 8.46. The molecule has 6 atom stereocenters. The van der Waals surface area contributed by atoms with E-state index in [0.29, 0.717) is 48.0 Å². The molecule has 3 aliphatic rings. The second-order valence-corrected chi connectivity index (χ2v) is 10.8. The molecule has 0 aromatic rings. The van der Waals surface area contributed by atoms with Crippen molar-refractivity contribution in [3.8, 4) is 0 Å². The number of fused-ring (bicyclic) bond motifs is 1. The summed E-state index contributed by atoms with van der Waals surface area (Å²) < 4.78 is 0. The van der Waals surface area contributed by atoms with Gasteiger partial charge in [-0.3, -0.25) is 10.0 Å². The summed E-state index contributed by atoms with van der Waals surface area (Å²) in [5.74, 6) is 1.82. The first-order valence-corrected chi connectivity index (χ1v) is 12.4. The number of hydrogen-bond acceptors (Lipinski definition) is 4. The monoisotopic (exact) mass is 433 g/mol. The zero-order valence-corrected chi connectivity index (χ0v) is 19.7. The van der Waals surface area contributed by atoms with Crippen molar-refractivity contribution < 1.29 is 20.2 Å². The number of nitrogens with zero attached hydrogens (tertiary/aromatic N) is 1. The first-order chi connectivity index (χ1) is 14.7. The Morgan fingerprint density at radius 3 is 2.58 bits per heavy atom. The van der Waals surface area contributed by atoms with Gasteiger partial charge >= 0.3 is 0 Å². The van der Waals surface area contributed by atoms with E-state index in [2.05, 4.69) is 26.0 Å². The van der Waals surface area contributed by atoms with E-state index in [1.165, 1.54) is 44.7 Å². The summed E-state index contributed by atoms with van der Waals surface area (Å²) in [7, 11) is 1.40. The number of amides is 1. The summed E-state index contributed by atoms with van der Waals surface area (Å²) in [6, 6.07) is 0. The van der Waals surface area contributed by atoms with E-state index >= 15 is 0 Å². The van der Waals surface area contributed by atoms with Crippen molar-refractivity contribution >= 4 is 5.91 Å². The lowest BCUT2D eigenvalue weighted by molar-refractivity contribution is -0.159. The van der Waals surface area contributed by atoms with Crippen molar-refractivity contribution in [2.24, 2.45) is 23.2 Å². The smallest absolute Gasteiger partial charge is 0.245 e. The molecule has 0 unspecified atom stereocenters. The number of unbranched alkanes of at least 4 members (excludes halogenated alkanes) is 1. The second-order valence-electron chi connectivity index (χ2n) is 10.8. The third-order valence-electron chi connectivity index (χ3n) is 8.46. The van der Waals surface area contributed by atoms with Crippen LogP contribution in [0.5, 0.6) is 0 Å². The summed E-state index contributed by atoms with van der Waals surface area (Å²) in [5, 5.41) is 29.8. The Labute approximate surface area is 188 Å². The minimum absolute atomic E-state index is 0.199. The lowest BCUT2D eigenvalue weighted by Crippen LogP contribution is -2.36. The standard InChI is InChI=1S/C26H43NO4/c1-18(7-4-5-9-25(30)27(3)31)23-12-13-24-20(8-6-14-26(23,24)2)11-10-19-15-21(28)17-22(29)16-19/h10-11,18,21-24,28-29,31H,4-9,12-17H2,1-3H3/b20-11+/t18-,21-,22-,23-,24+,26-/m1/s1. The highest BCUT2D eigenvalue weighted by Crippen LogP contribution is 2.59. The molecule has 0 bridgehead atoms. The molecule has 3 aliphatic carbocycles. The summed E-state index contributed by atoms with van der Waals surface area (Å²) in [5.41, 5.74) is 3.11. The number of aliphatic hydroxyl groups excluding tert-OH is 2. The molecule has 176 valence electrons. The van der Waals surface area contributed by atoms with Gasteiger partial charge in [-0.15, -0.1) is 0 Å². The number of carbonyl (C=O) groups excluding carboxylic acids is 1. The van der Waals surface area contributed by atoms with Gasteiger partial charge in [-0.1, -0.05) is 50.0 Å². The molecule has 0 radical (unpaired) electrons. The fourth-order valence-electron chi connectivity index (χ4n) is 6.85. The van der Waals surface area contributed by atoms with Gasteiger partial charge in [-0.05, 0) is 81.0 Å². The molecule has 0 aliphatic heterocycles. The van der Waals surface area contributed by atoms with Crippen LogP contribution in [0.3, 0.4) is 0 Å². The van der Waals surface area contributed by atoms with Crippen LogP contribution < -0.4 is 0 Å². The molecular formula is C26H43NO4. The molecule has 3 saturated carbocycles. The minimum Gasteiger partial charge on any atom is -0.393 e. The maximum atomic E-state index is 11.6. The topological polar surface area (TPSA) is 81.0 Å². The van der Waals surface area contributed by atoms with Crippen LogP contribution in [0, 0.1) is 23.2 Å². The quantitative estimate of drug-likeness (QED) is 0.300. The molecule has 0 aromatic carbocycles. The lowest BCUT2D eigenvalue weighted by Gasteiger charge is -2.44. The van der Waals surface area contributed by atoms with Gasteiger partial charge in [-0.2, -0.15) is 0 Å². The molecule has 1 amide bonds. The first-order valence-electron chi connectivity index (χ1n) is 12.4. The summed E-state index contributed by atoms with van der Waals surface area (Å²) in [6.45, 7) is 4.90. The number of hydroxylamine groups is 2. The van der Waals surface area contributed by atoms with Gasteiger partial charge in [-0.25, -0.2) is 5.06 Å². The van der Waals surface area contributed by atoms with Crippen molar-refractivity contribution in [3.05, 3.63) is 23.3 Å². The van der Waals surface area contributed by atoms with Crippen molar-refractivity contribution in [3.63, 3.8) is 0 Å². The van der Waals surface area contributed by atoms with E-state index in [9.17, 15) is 20.2 Å². The summed E-state index contributed by atoms with van der Waals surface area (Å²) in [6.07, 6.45) is 15.3. The molecule has 3 fully saturated rings. The van der Waals surface area contributed by atoms with Crippen molar-refractivity contribution in [2.75, 3.05) is 7.05 Å². The van der Waals surface area contributed by atoms with E-state index in [0.717, 1.165) is 25.2 Å². The Hall–Kier alpha value is -1.17. The van der Waals surface area contributed by atoms with E-state index in [1.807, 2.05) is 0 Å². The van der Waals surface area contributed by atoms with E-state index in [4.69, 9.17) is 0 Å². The number of allylic oxidation sites excluding steroid dienone is 3. The molecule has 3 N–H and O–H groups in total. The first kappa shape index (κ1) is 24.5. The third kappa shape index (κ3) is 6.00. The lowest BCUT2D eigenvalue weighted by atomic mass is 9.60. The van der Waals surface area contributed by atoms with Gasteiger partial charge in [0.25, 0.3) is 0 Å². The van der Waals surface area contributed by atoms with Crippen LogP contribution in [0.2, 0.25) is 0 Å². The molecule has 0 spiro atoms. The van der Waals surface area contributed by atoms with Crippen LogP contribution in [-0.4, -0.2) is 45.6 Å². The Balaban J connectivity index is 1.59. The SMILES string of the molecule is C[C@H](CCCCC(=O)N(C)O)[C@H]1CC[C@H]2/C(=C/C=C3C[C@@H](O)C[C@H](O)C3)CCC[C@]12C. The maximum absolute atomic E-state index is 11.6. The predicted molar refractivity (Wildman–Crippen MR) is 122 cm³/mol. The molecule has 0 heterocycles. The molecular weight excluding hydrogens is 390 g/mol. The summed E-state index contributed by atoms with van der Waals surface area (Å²) in [4.78, 5) is 11.6. The van der Waals surface area contributed by atoms with Crippen molar-refractivity contribution in [2.45, 2.75) is 103 Å². The van der Waals surface area contributed by atoms with Crippen LogP contribution in [0.15, 0.2) is 23.3 Å². The largest absolute Gasteiger partial charge is 0.393 e. The van der Waals surface area contributed by atoms with Gasteiger partial charge in [0, 0.05) is 13.5 Å². The van der Waals surface area contributed by atoms with Crippen LogP contribution in [0.25, 0.3) is 0 Å². The fourth-order valence-corrected chi connectivity index (χ4v) is 6.85. The normalized spacial score (nSPS) is 35.7. The highest BCUT2D eigenvalue weighted by atomic mass is 16.5. The van der Waals surface area contributed by atoms with E-state index in [-0.39, 0.29) is 5.91 Å². The molecule has 5 heteroatoms. The number of rotatable bonds is 7. The van der Waals surface area contributed by atoms with E-state index < -0.39 is 12.2 Å². The zero-order chi connectivity index (χ0) is 22.6. The molecule has 5 nitrogen and oxygen atoms in total. The second kappa shape index (κ2) is 10.6. The van der Waals surface area contributed by atoms with Gasteiger partial charge < -0.3 is 10.2 Å². The van der Waals surface area contributed by atoms with Crippen LogP contribution in [0.1, 0.15) is 90.9 Å². The number of carbonyl (C=O) groups is 1. The van der Waals surface area contributed by atoms with Crippen LogP contribution in [0.4, 0.5) is 0 Å². The summed E-state index contributed by atoms with van der Waals surface area (Å²) >= 11 is 0. The molecule has 3 rings (SSSR count). The highest BCUT2D eigenvalue weighted by Gasteiger charge is 2.50. The number of aliphatic hydroxyl groups is 2. The predicted octanol–water partition coefficient (Wildman–Crippen LogP) is 5.01. The minimum atomic E-state index is -0.408. The van der Waals surface area contributed by atoms with Crippen LogP contribution >= 0.6 is 0 Å². The van der Waals surface area contributed by atoms with Crippen molar-refractivity contribution in [1.82, 2.24) is 5.06 Å². The van der Waals surface area contributed by atoms with Crippen LogP contribution in [-0.2, 0) is 4.79 Å². The van der Waals surface area contributed by atoms with Gasteiger partial charge in [0.1, 0.15) is 0 Å². The van der Waals surface area contributed by atoms with Gasteiger partial charge in [0.15, 0.2) is 0 Å². The van der Waals surface area contributed by atoms with Gasteiger partial charge in [0.05, 0.1) is 12.2 Å². The van der Waals surface area contributed by atoms with Crippen molar-refractivity contribution in [1.29, 1.82) is 0 Å². The fraction of sp³-hybridized carbons (Fsp3) is 0.808.